The summed E-state index contributed by atoms with van der Waals surface area (Å²) in [5.41, 5.74) is 1.47. The van der Waals surface area contributed by atoms with E-state index in [0.717, 1.165) is 24.8 Å². The topological polar surface area (TPSA) is 58.9 Å². The van der Waals surface area contributed by atoms with E-state index < -0.39 is 15.9 Å². The smallest absolute Gasteiger partial charge is 0.199 e. The third kappa shape index (κ3) is 2.48. The summed E-state index contributed by atoms with van der Waals surface area (Å²) in [5.74, 6) is 0.665. The normalized spacial score (nSPS) is 26.5. The molecule has 1 heterocycles. The summed E-state index contributed by atoms with van der Waals surface area (Å²) in [7, 11) is 1.77. The third-order valence-electron chi connectivity index (χ3n) is 3.55. The highest BCUT2D eigenvalue weighted by Gasteiger charge is 2.49. The maximum absolute atomic E-state index is 12.6. The van der Waals surface area contributed by atoms with Crippen molar-refractivity contribution in [2.45, 2.75) is 24.0 Å². The Bertz CT molecular complexity index is 526. The number of nitrogens with one attached hydrogen (secondary N) is 1. The lowest BCUT2D eigenvalue weighted by Gasteiger charge is -2.39. The Morgan fingerprint density at radius 2 is 2.32 bits per heavy atom. The van der Waals surface area contributed by atoms with Gasteiger partial charge in [0.25, 0.3) is 0 Å². The van der Waals surface area contributed by atoms with E-state index in [1.54, 1.807) is 13.1 Å². The third-order valence-corrected chi connectivity index (χ3v) is 6.31. The molecule has 1 fully saturated rings. The summed E-state index contributed by atoms with van der Waals surface area (Å²) in [6.45, 7) is 0. The van der Waals surface area contributed by atoms with Crippen molar-refractivity contribution in [2.75, 3.05) is 12.8 Å². The van der Waals surface area contributed by atoms with Gasteiger partial charge < -0.3 is 9.87 Å². The van der Waals surface area contributed by atoms with Crippen LogP contribution >= 0.6 is 12.2 Å². The van der Waals surface area contributed by atoms with Crippen LogP contribution in [-0.4, -0.2) is 22.3 Å². The van der Waals surface area contributed by atoms with Gasteiger partial charge in [0, 0.05) is 19.0 Å². The van der Waals surface area contributed by atoms with Crippen molar-refractivity contribution in [1.29, 1.82) is 5.26 Å². The number of hydrogen-bond donors (Lipinski definition) is 1. The standard InChI is InChI=1S/C14H16N2OS2/c1-16-13(18)14(7-2-3-8-19(14)17)12-6-4-5-11(9-12)10-15/h4-6,9H,2-3,7-8H2,1H3,(H,16,18)/t14-,19-/m0/s1. The van der Waals surface area contributed by atoms with Crippen LogP contribution in [0.15, 0.2) is 24.3 Å². The van der Waals surface area contributed by atoms with Crippen molar-refractivity contribution in [3.63, 3.8) is 0 Å². The van der Waals surface area contributed by atoms with Crippen LogP contribution in [0.4, 0.5) is 0 Å². The van der Waals surface area contributed by atoms with Gasteiger partial charge in [-0.1, -0.05) is 24.4 Å². The molecular weight excluding hydrogens is 276 g/mol. The quantitative estimate of drug-likeness (QED) is 0.671. The van der Waals surface area contributed by atoms with Gasteiger partial charge in [0.05, 0.1) is 11.6 Å². The number of benzene rings is 1. The minimum Gasteiger partial charge on any atom is -0.615 e. The van der Waals surface area contributed by atoms with Crippen LogP contribution in [0.2, 0.25) is 0 Å². The Morgan fingerprint density at radius 3 is 2.95 bits per heavy atom. The van der Waals surface area contributed by atoms with E-state index in [0.29, 0.717) is 16.3 Å². The van der Waals surface area contributed by atoms with E-state index >= 15 is 0 Å². The van der Waals surface area contributed by atoms with Gasteiger partial charge in [-0.2, -0.15) is 5.26 Å². The summed E-state index contributed by atoms with van der Waals surface area (Å²) < 4.78 is 12.0. The van der Waals surface area contributed by atoms with Crippen LogP contribution in [-0.2, 0) is 15.9 Å². The Morgan fingerprint density at radius 1 is 1.53 bits per heavy atom. The first kappa shape index (κ1) is 14.3. The van der Waals surface area contributed by atoms with Crippen molar-refractivity contribution < 1.29 is 4.55 Å². The van der Waals surface area contributed by atoms with Crippen LogP contribution in [0.5, 0.6) is 0 Å². The largest absolute Gasteiger partial charge is 0.615 e. The second-order valence-electron chi connectivity index (χ2n) is 4.61. The molecule has 2 atom stereocenters. The lowest BCUT2D eigenvalue weighted by Crippen LogP contribution is -2.50. The van der Waals surface area contributed by atoms with Crippen molar-refractivity contribution in [1.82, 2.24) is 5.32 Å². The predicted octanol–water partition coefficient (Wildman–Crippen LogP) is 2.23. The molecule has 1 aliphatic heterocycles. The van der Waals surface area contributed by atoms with Gasteiger partial charge in [-0.15, -0.1) is 0 Å². The highest BCUT2D eigenvalue weighted by molar-refractivity contribution is 7.95. The first-order chi connectivity index (χ1) is 9.15. The molecule has 1 aliphatic rings. The molecule has 3 nitrogen and oxygen atoms in total. The second-order valence-corrected chi connectivity index (χ2v) is 6.81. The van der Waals surface area contributed by atoms with Gasteiger partial charge >= 0.3 is 0 Å². The molecule has 0 spiro atoms. The summed E-state index contributed by atoms with van der Waals surface area (Å²) in [6.07, 6.45) is 2.75. The molecule has 0 radical (unpaired) electrons. The van der Waals surface area contributed by atoms with Gasteiger partial charge in [-0.05, 0) is 36.2 Å². The Kier molecular flexibility index (Phi) is 4.46. The maximum atomic E-state index is 12.6. The van der Waals surface area contributed by atoms with Crippen LogP contribution in [0.3, 0.4) is 0 Å². The fraction of sp³-hybridized carbons (Fsp3) is 0.429. The lowest BCUT2D eigenvalue weighted by molar-refractivity contribution is 0.514. The molecule has 1 N–H and O–H groups in total. The van der Waals surface area contributed by atoms with Crippen LogP contribution in [0, 0.1) is 11.3 Å². The van der Waals surface area contributed by atoms with Crippen LogP contribution < -0.4 is 5.32 Å². The first-order valence-electron chi connectivity index (χ1n) is 6.26. The zero-order valence-corrected chi connectivity index (χ0v) is 12.4. The van der Waals surface area contributed by atoms with E-state index in [-0.39, 0.29) is 0 Å². The average molecular weight is 292 g/mol. The molecule has 2 rings (SSSR count). The summed E-state index contributed by atoms with van der Waals surface area (Å²) in [4.78, 5) is 0.612. The molecule has 1 saturated heterocycles. The fourth-order valence-corrected chi connectivity index (χ4v) is 4.95. The number of nitriles is 1. The summed E-state index contributed by atoms with van der Waals surface area (Å²) in [6, 6.07) is 9.46. The van der Waals surface area contributed by atoms with Crippen LogP contribution in [0.1, 0.15) is 30.4 Å². The molecule has 0 saturated carbocycles. The Labute approximate surface area is 122 Å². The number of nitrogens with zero attached hydrogens (tertiary/aromatic N) is 1. The number of thiocarbonyl (C=S) groups is 1. The summed E-state index contributed by atoms with van der Waals surface area (Å²) in [5, 5.41) is 12.0. The van der Waals surface area contributed by atoms with Crippen LogP contribution in [0.25, 0.3) is 0 Å². The predicted molar refractivity (Wildman–Crippen MR) is 81.4 cm³/mol. The molecule has 100 valence electrons. The zero-order chi connectivity index (χ0) is 13.9. The lowest BCUT2D eigenvalue weighted by atomic mass is 9.90. The first-order valence-corrected chi connectivity index (χ1v) is 7.99. The Balaban J connectivity index is 2.54. The monoisotopic (exact) mass is 292 g/mol. The highest BCUT2D eigenvalue weighted by atomic mass is 32.2. The minimum atomic E-state index is -1.04. The van der Waals surface area contributed by atoms with Gasteiger partial charge in [0.1, 0.15) is 10.7 Å². The molecule has 0 aliphatic carbocycles. The molecule has 0 unspecified atom stereocenters. The van der Waals surface area contributed by atoms with E-state index in [2.05, 4.69) is 11.4 Å². The maximum Gasteiger partial charge on any atom is 0.199 e. The Hall–Kier alpha value is -1.09. The SMILES string of the molecule is CNC(=S)[C@@]1(c2cccc(C#N)c2)CCCC[S@+]1[O-]. The molecule has 1 aromatic carbocycles. The highest BCUT2D eigenvalue weighted by Crippen LogP contribution is 2.41. The van der Waals surface area contributed by atoms with Crippen molar-refractivity contribution in [2.24, 2.45) is 0 Å². The molecule has 0 bridgehead atoms. The fourth-order valence-electron chi connectivity index (χ4n) is 2.56. The zero-order valence-electron chi connectivity index (χ0n) is 10.8. The number of hydrogen-bond acceptors (Lipinski definition) is 3. The van der Waals surface area contributed by atoms with Gasteiger partial charge in [0.15, 0.2) is 4.75 Å². The average Bonchev–Trinajstić information content (AvgIpc) is 2.47. The molecule has 1 aromatic rings. The molecule has 0 aromatic heterocycles. The van der Waals surface area contributed by atoms with E-state index in [1.807, 2.05) is 18.2 Å². The molecular formula is C14H16N2OS2. The van der Waals surface area contributed by atoms with E-state index in [1.165, 1.54) is 0 Å². The van der Waals surface area contributed by atoms with Gasteiger partial charge in [-0.25, -0.2) is 0 Å². The van der Waals surface area contributed by atoms with Crippen molar-refractivity contribution in [3.8, 4) is 6.07 Å². The van der Waals surface area contributed by atoms with Crippen molar-refractivity contribution in [3.05, 3.63) is 35.4 Å². The molecule has 0 amide bonds. The summed E-state index contributed by atoms with van der Waals surface area (Å²) >= 11 is 4.40. The van der Waals surface area contributed by atoms with E-state index in [9.17, 15) is 4.55 Å². The van der Waals surface area contributed by atoms with Gasteiger partial charge in [-0.3, -0.25) is 0 Å². The molecule has 19 heavy (non-hydrogen) atoms. The van der Waals surface area contributed by atoms with Gasteiger partial charge in [0.2, 0.25) is 0 Å². The van der Waals surface area contributed by atoms with Crippen molar-refractivity contribution >= 4 is 28.4 Å². The minimum absolute atomic E-state index is 0.582. The number of rotatable bonds is 2. The number of likely N-dealkylation sites (N-methyl/N-ethyl adjacent to an activating group) is 1. The van der Waals surface area contributed by atoms with E-state index in [4.69, 9.17) is 17.5 Å². The molecule has 5 heteroatoms. The second kappa shape index (κ2) is 5.91.